The molecule has 0 spiro atoms. The predicted octanol–water partition coefficient (Wildman–Crippen LogP) is 2.08. The maximum absolute atomic E-state index is 12.9. The first kappa shape index (κ1) is 17.8. The number of oxazole rings is 1. The molecule has 0 aliphatic carbocycles. The Kier molecular flexibility index (Phi) is 4.34. The van der Waals surface area contributed by atoms with Crippen molar-refractivity contribution < 1.29 is 18.4 Å². The number of hydrogen-bond acceptors (Lipinski definition) is 7. The summed E-state index contributed by atoms with van der Waals surface area (Å²) in [5.74, 6) is -0.866. The average molecular weight is 383 g/mol. The van der Waals surface area contributed by atoms with E-state index in [2.05, 4.69) is 4.98 Å². The van der Waals surface area contributed by atoms with Crippen LogP contribution in [0.1, 0.15) is 23.0 Å². The smallest absolute Gasteiger partial charge is 0.420 e. The van der Waals surface area contributed by atoms with Gasteiger partial charge in [0.15, 0.2) is 5.58 Å². The molecule has 0 aliphatic heterocycles. The normalized spacial score (nSPS) is 11.4. The molecule has 0 unspecified atom stereocenters. The fourth-order valence-corrected chi connectivity index (χ4v) is 3.18. The van der Waals surface area contributed by atoms with E-state index in [4.69, 9.17) is 13.6 Å². The molecule has 0 atom stereocenters. The molecular formula is C19H17N3O6. The number of aryl methyl sites for hydroxylation is 3. The second-order valence-electron chi connectivity index (χ2n) is 6.16. The Morgan fingerprint density at radius 3 is 2.75 bits per heavy atom. The first-order valence-corrected chi connectivity index (χ1v) is 8.75. The van der Waals surface area contributed by atoms with E-state index in [1.54, 1.807) is 38.1 Å². The molecular weight excluding hydrogens is 366 g/mol. The molecule has 144 valence electrons. The highest BCUT2D eigenvalue weighted by Crippen LogP contribution is 2.21. The Bertz CT molecular complexity index is 1310. The molecule has 28 heavy (non-hydrogen) atoms. The molecule has 9 heteroatoms. The van der Waals surface area contributed by atoms with Gasteiger partial charge in [-0.3, -0.25) is 13.9 Å². The van der Waals surface area contributed by atoms with Gasteiger partial charge in [-0.05, 0) is 26.0 Å². The monoisotopic (exact) mass is 383 g/mol. The molecule has 0 fully saturated rings. The summed E-state index contributed by atoms with van der Waals surface area (Å²) in [5, 5.41) is 0.0721. The van der Waals surface area contributed by atoms with Crippen molar-refractivity contribution in [2.24, 2.45) is 0 Å². The van der Waals surface area contributed by atoms with Gasteiger partial charge in [-0.25, -0.2) is 14.6 Å². The molecule has 0 saturated heterocycles. The third kappa shape index (κ3) is 2.81. The number of nitrogens with zero attached hydrogens (tertiary/aromatic N) is 3. The minimum Gasteiger partial charge on any atom is -0.462 e. The molecule has 0 radical (unpaired) electrons. The van der Waals surface area contributed by atoms with Crippen LogP contribution in [0, 0.1) is 6.92 Å². The third-order valence-corrected chi connectivity index (χ3v) is 4.47. The first-order valence-electron chi connectivity index (χ1n) is 8.75. The average Bonchev–Trinajstić information content (AvgIpc) is 3.17. The van der Waals surface area contributed by atoms with E-state index in [-0.39, 0.29) is 42.1 Å². The molecule has 3 heterocycles. The fraction of sp³-hybridized carbons (Fsp3) is 0.263. The van der Waals surface area contributed by atoms with Crippen LogP contribution in [0.25, 0.3) is 22.2 Å². The van der Waals surface area contributed by atoms with Crippen LogP contribution in [-0.4, -0.2) is 26.7 Å². The summed E-state index contributed by atoms with van der Waals surface area (Å²) < 4.78 is 18.4. The maximum atomic E-state index is 12.9. The summed E-state index contributed by atoms with van der Waals surface area (Å²) in [7, 11) is 0. The van der Waals surface area contributed by atoms with Crippen molar-refractivity contribution in [2.45, 2.75) is 26.9 Å². The maximum Gasteiger partial charge on any atom is 0.420 e. The van der Waals surface area contributed by atoms with Crippen molar-refractivity contribution in [3.05, 3.63) is 62.8 Å². The van der Waals surface area contributed by atoms with Crippen LogP contribution in [0.3, 0.4) is 0 Å². The lowest BCUT2D eigenvalue weighted by molar-refractivity contribution is 0.0526. The summed E-state index contributed by atoms with van der Waals surface area (Å²) >= 11 is 0. The van der Waals surface area contributed by atoms with Crippen LogP contribution in [0.15, 0.2) is 49.0 Å². The quantitative estimate of drug-likeness (QED) is 0.485. The van der Waals surface area contributed by atoms with Crippen molar-refractivity contribution >= 4 is 28.2 Å². The number of aromatic nitrogens is 3. The number of carbonyl (C=O) groups is 1. The zero-order chi connectivity index (χ0) is 19.8. The Morgan fingerprint density at radius 2 is 1.96 bits per heavy atom. The molecule has 0 N–H and O–H groups in total. The number of fused-ring (bicyclic) bond motifs is 2. The predicted molar refractivity (Wildman–Crippen MR) is 99.4 cm³/mol. The zero-order valence-corrected chi connectivity index (χ0v) is 15.3. The Morgan fingerprint density at radius 1 is 1.18 bits per heavy atom. The zero-order valence-electron chi connectivity index (χ0n) is 15.3. The number of esters is 1. The third-order valence-electron chi connectivity index (χ3n) is 4.47. The topological polar surface area (TPSA) is 109 Å². The van der Waals surface area contributed by atoms with Gasteiger partial charge < -0.3 is 13.6 Å². The van der Waals surface area contributed by atoms with Gasteiger partial charge in [0, 0.05) is 13.1 Å². The van der Waals surface area contributed by atoms with E-state index in [9.17, 15) is 14.4 Å². The fourth-order valence-electron chi connectivity index (χ4n) is 3.18. The van der Waals surface area contributed by atoms with Gasteiger partial charge in [-0.15, -0.1) is 0 Å². The van der Waals surface area contributed by atoms with Crippen LogP contribution in [0.4, 0.5) is 0 Å². The van der Waals surface area contributed by atoms with Gasteiger partial charge in [-0.1, -0.05) is 12.1 Å². The van der Waals surface area contributed by atoms with Crippen molar-refractivity contribution in [1.29, 1.82) is 0 Å². The highest BCUT2D eigenvalue weighted by atomic mass is 16.5. The van der Waals surface area contributed by atoms with Crippen molar-refractivity contribution in [1.82, 2.24) is 14.1 Å². The number of hydrogen-bond donors (Lipinski definition) is 0. The van der Waals surface area contributed by atoms with Gasteiger partial charge in [0.05, 0.1) is 12.1 Å². The van der Waals surface area contributed by atoms with E-state index in [1.807, 2.05) is 0 Å². The second kappa shape index (κ2) is 6.84. The summed E-state index contributed by atoms with van der Waals surface area (Å²) in [6.07, 6.45) is 1.33. The lowest BCUT2D eigenvalue weighted by Gasteiger charge is -2.06. The minimum atomic E-state index is -0.632. The van der Waals surface area contributed by atoms with Gasteiger partial charge >= 0.3 is 11.7 Å². The molecule has 0 bridgehead atoms. The van der Waals surface area contributed by atoms with Crippen LogP contribution >= 0.6 is 0 Å². The highest BCUT2D eigenvalue weighted by Gasteiger charge is 2.23. The van der Waals surface area contributed by atoms with E-state index in [0.29, 0.717) is 11.1 Å². The number of furan rings is 1. The second-order valence-corrected chi connectivity index (χ2v) is 6.16. The SMILES string of the molecule is CCOC(=O)c1c(C)oc2ncn(CCn3c(=O)oc4ccccc43)c(=O)c12. The van der Waals surface area contributed by atoms with Crippen LogP contribution in [-0.2, 0) is 17.8 Å². The van der Waals surface area contributed by atoms with Crippen molar-refractivity contribution in [3.63, 3.8) is 0 Å². The first-order chi connectivity index (χ1) is 13.5. The largest absolute Gasteiger partial charge is 0.462 e. The number of ether oxygens (including phenoxy) is 1. The van der Waals surface area contributed by atoms with Gasteiger partial charge in [-0.2, -0.15) is 0 Å². The van der Waals surface area contributed by atoms with Gasteiger partial charge in [0.25, 0.3) is 5.56 Å². The van der Waals surface area contributed by atoms with Crippen LogP contribution < -0.4 is 11.3 Å². The van der Waals surface area contributed by atoms with E-state index >= 15 is 0 Å². The molecule has 0 saturated carbocycles. The molecule has 3 aromatic heterocycles. The summed E-state index contributed by atoms with van der Waals surface area (Å²) in [6.45, 7) is 3.80. The number of benzene rings is 1. The van der Waals surface area contributed by atoms with E-state index < -0.39 is 17.3 Å². The molecule has 4 rings (SSSR count). The Hall–Kier alpha value is -3.62. The number of carbonyl (C=O) groups excluding carboxylic acids is 1. The molecule has 9 nitrogen and oxygen atoms in total. The highest BCUT2D eigenvalue weighted by molar-refractivity contribution is 6.03. The van der Waals surface area contributed by atoms with E-state index in [0.717, 1.165) is 0 Å². The summed E-state index contributed by atoms with van der Waals surface area (Å²) in [6, 6.07) is 7.04. The summed E-state index contributed by atoms with van der Waals surface area (Å²) in [5.41, 5.74) is 0.831. The lowest BCUT2D eigenvalue weighted by Crippen LogP contribution is -2.26. The van der Waals surface area contributed by atoms with Crippen molar-refractivity contribution in [2.75, 3.05) is 6.61 Å². The standard InChI is InChI=1S/C19H17N3O6/c1-3-26-18(24)14-11(2)27-16-15(14)17(23)21(10-20-16)8-9-22-12-6-4-5-7-13(12)28-19(22)25/h4-7,10H,3,8-9H2,1-2H3. The van der Waals surface area contributed by atoms with Crippen LogP contribution in [0.5, 0.6) is 0 Å². The van der Waals surface area contributed by atoms with Gasteiger partial charge in [0.1, 0.15) is 23.0 Å². The number of rotatable bonds is 5. The molecule has 1 aromatic carbocycles. The van der Waals surface area contributed by atoms with Crippen molar-refractivity contribution in [3.8, 4) is 0 Å². The van der Waals surface area contributed by atoms with E-state index in [1.165, 1.54) is 15.5 Å². The Labute approximate surface area is 157 Å². The van der Waals surface area contributed by atoms with Gasteiger partial charge in [0.2, 0.25) is 5.71 Å². The molecule has 4 aromatic rings. The minimum absolute atomic E-state index is 0.0721. The molecule has 0 amide bonds. The number of para-hydroxylation sites is 2. The Balaban J connectivity index is 1.73. The van der Waals surface area contributed by atoms with Crippen LogP contribution in [0.2, 0.25) is 0 Å². The summed E-state index contributed by atoms with van der Waals surface area (Å²) in [4.78, 5) is 41.4. The lowest BCUT2D eigenvalue weighted by atomic mass is 10.2. The molecule has 0 aliphatic rings.